The summed E-state index contributed by atoms with van der Waals surface area (Å²) in [5.74, 6) is 1.67. The summed E-state index contributed by atoms with van der Waals surface area (Å²) in [7, 11) is 0. The van der Waals surface area contributed by atoms with E-state index in [1.807, 2.05) is 24.3 Å². The van der Waals surface area contributed by atoms with Gasteiger partial charge in [-0.25, -0.2) is 4.99 Å². The van der Waals surface area contributed by atoms with Gasteiger partial charge in [0.1, 0.15) is 12.3 Å². The molecule has 19 heavy (non-hydrogen) atoms. The molecular formula is C15H19N3O. The lowest BCUT2D eigenvalue weighted by Crippen LogP contribution is -2.22. The van der Waals surface area contributed by atoms with Gasteiger partial charge in [0.15, 0.2) is 5.96 Å². The lowest BCUT2D eigenvalue weighted by Gasteiger charge is -2.09. The Morgan fingerprint density at radius 3 is 2.84 bits per heavy atom. The van der Waals surface area contributed by atoms with Crippen molar-refractivity contribution in [2.75, 3.05) is 5.32 Å². The van der Waals surface area contributed by atoms with Crippen LogP contribution in [0.25, 0.3) is 0 Å². The molecular weight excluding hydrogens is 238 g/mol. The van der Waals surface area contributed by atoms with E-state index in [2.05, 4.69) is 36.3 Å². The van der Waals surface area contributed by atoms with Crippen molar-refractivity contribution in [1.29, 1.82) is 0 Å². The van der Waals surface area contributed by atoms with Gasteiger partial charge in [-0.15, -0.1) is 0 Å². The highest BCUT2D eigenvalue weighted by atomic mass is 16.3. The van der Waals surface area contributed by atoms with E-state index in [1.165, 1.54) is 5.56 Å². The molecule has 0 amide bonds. The SMILES string of the molecule is CC(C)c1cccc(NC(N)=NCc2ccco2)c1. The molecule has 4 heteroatoms. The van der Waals surface area contributed by atoms with Crippen molar-refractivity contribution >= 4 is 11.6 Å². The van der Waals surface area contributed by atoms with Gasteiger partial charge < -0.3 is 15.5 Å². The zero-order chi connectivity index (χ0) is 13.7. The molecule has 3 N–H and O–H groups in total. The van der Waals surface area contributed by atoms with Gasteiger partial charge in [-0.2, -0.15) is 0 Å². The monoisotopic (exact) mass is 257 g/mol. The molecule has 0 bridgehead atoms. The van der Waals surface area contributed by atoms with E-state index in [1.54, 1.807) is 6.26 Å². The fourth-order valence-electron chi connectivity index (χ4n) is 1.73. The second kappa shape index (κ2) is 6.09. The van der Waals surface area contributed by atoms with E-state index in [-0.39, 0.29) is 0 Å². The molecule has 0 saturated heterocycles. The second-order valence-corrected chi connectivity index (χ2v) is 4.69. The number of benzene rings is 1. The molecule has 0 unspecified atom stereocenters. The number of nitrogens with one attached hydrogen (secondary N) is 1. The Labute approximate surface area is 113 Å². The summed E-state index contributed by atoms with van der Waals surface area (Å²) >= 11 is 0. The minimum Gasteiger partial charge on any atom is -0.467 e. The number of hydrogen-bond acceptors (Lipinski definition) is 2. The Morgan fingerprint density at radius 2 is 2.16 bits per heavy atom. The molecule has 1 aromatic carbocycles. The lowest BCUT2D eigenvalue weighted by molar-refractivity contribution is 0.513. The van der Waals surface area contributed by atoms with Crippen LogP contribution in [0.2, 0.25) is 0 Å². The van der Waals surface area contributed by atoms with Crippen molar-refractivity contribution in [3.63, 3.8) is 0 Å². The van der Waals surface area contributed by atoms with Crippen molar-refractivity contribution < 1.29 is 4.42 Å². The molecule has 0 radical (unpaired) electrons. The standard InChI is InChI=1S/C15H19N3O/c1-11(2)12-5-3-6-13(9-12)18-15(16)17-10-14-7-4-8-19-14/h3-9,11H,10H2,1-2H3,(H3,16,17,18). The van der Waals surface area contributed by atoms with Gasteiger partial charge in [0, 0.05) is 5.69 Å². The Balaban J connectivity index is 2.00. The van der Waals surface area contributed by atoms with Gasteiger partial charge >= 0.3 is 0 Å². The number of anilines is 1. The fraction of sp³-hybridized carbons (Fsp3) is 0.267. The van der Waals surface area contributed by atoms with Crippen molar-refractivity contribution in [2.24, 2.45) is 10.7 Å². The summed E-state index contributed by atoms with van der Waals surface area (Å²) < 4.78 is 5.19. The summed E-state index contributed by atoms with van der Waals surface area (Å²) in [6, 6.07) is 11.9. The number of nitrogens with zero attached hydrogens (tertiary/aromatic N) is 1. The first-order chi connectivity index (χ1) is 9.15. The molecule has 0 spiro atoms. The average Bonchev–Trinajstić information content (AvgIpc) is 2.90. The number of hydrogen-bond donors (Lipinski definition) is 2. The highest BCUT2D eigenvalue weighted by molar-refractivity contribution is 5.92. The third kappa shape index (κ3) is 3.88. The molecule has 0 aliphatic carbocycles. The summed E-state index contributed by atoms with van der Waals surface area (Å²) in [5, 5.41) is 3.09. The molecule has 4 nitrogen and oxygen atoms in total. The first-order valence-corrected chi connectivity index (χ1v) is 6.34. The summed E-state index contributed by atoms with van der Waals surface area (Å²) in [6.07, 6.45) is 1.63. The van der Waals surface area contributed by atoms with Gasteiger partial charge in [0.05, 0.1) is 6.26 Å². The zero-order valence-electron chi connectivity index (χ0n) is 11.3. The summed E-state index contributed by atoms with van der Waals surface area (Å²) in [5.41, 5.74) is 8.06. The van der Waals surface area contributed by atoms with Crippen LogP contribution in [0.3, 0.4) is 0 Å². The van der Waals surface area contributed by atoms with E-state index in [0.717, 1.165) is 11.4 Å². The van der Waals surface area contributed by atoms with Crippen molar-refractivity contribution in [2.45, 2.75) is 26.3 Å². The van der Waals surface area contributed by atoms with Gasteiger partial charge in [0.2, 0.25) is 0 Å². The molecule has 0 atom stereocenters. The Morgan fingerprint density at radius 1 is 1.32 bits per heavy atom. The van der Waals surface area contributed by atoms with Crippen LogP contribution in [0.1, 0.15) is 31.1 Å². The van der Waals surface area contributed by atoms with Crippen molar-refractivity contribution in [3.8, 4) is 0 Å². The highest BCUT2D eigenvalue weighted by Gasteiger charge is 2.01. The molecule has 2 aromatic rings. The number of aliphatic imine (C=N–C) groups is 1. The predicted molar refractivity (Wildman–Crippen MR) is 78.2 cm³/mol. The molecule has 0 aliphatic rings. The molecule has 0 aliphatic heterocycles. The smallest absolute Gasteiger partial charge is 0.193 e. The van der Waals surface area contributed by atoms with Crippen LogP contribution in [0, 0.1) is 0 Å². The second-order valence-electron chi connectivity index (χ2n) is 4.69. The molecule has 100 valence electrons. The maximum Gasteiger partial charge on any atom is 0.193 e. The van der Waals surface area contributed by atoms with Crippen LogP contribution in [-0.2, 0) is 6.54 Å². The van der Waals surface area contributed by atoms with E-state index in [9.17, 15) is 0 Å². The van der Waals surface area contributed by atoms with E-state index in [0.29, 0.717) is 18.4 Å². The van der Waals surface area contributed by atoms with Crippen molar-refractivity contribution in [3.05, 3.63) is 54.0 Å². The van der Waals surface area contributed by atoms with Crippen LogP contribution in [0.4, 0.5) is 5.69 Å². The van der Waals surface area contributed by atoms with Crippen molar-refractivity contribution in [1.82, 2.24) is 0 Å². The number of guanidine groups is 1. The minimum atomic E-state index is 0.386. The van der Waals surface area contributed by atoms with E-state index >= 15 is 0 Å². The fourth-order valence-corrected chi connectivity index (χ4v) is 1.73. The quantitative estimate of drug-likeness (QED) is 0.652. The van der Waals surface area contributed by atoms with Crippen LogP contribution < -0.4 is 11.1 Å². The van der Waals surface area contributed by atoms with E-state index < -0.39 is 0 Å². The minimum absolute atomic E-state index is 0.386. The third-order valence-corrected chi connectivity index (χ3v) is 2.81. The maximum atomic E-state index is 5.85. The Bertz CT molecular complexity index is 544. The Hall–Kier alpha value is -2.23. The van der Waals surface area contributed by atoms with Gasteiger partial charge in [-0.05, 0) is 35.7 Å². The predicted octanol–water partition coefficient (Wildman–Crippen LogP) is 3.33. The Kier molecular flexibility index (Phi) is 4.23. The molecule has 2 rings (SSSR count). The zero-order valence-corrected chi connectivity index (χ0v) is 11.3. The lowest BCUT2D eigenvalue weighted by atomic mass is 10.0. The third-order valence-electron chi connectivity index (χ3n) is 2.81. The maximum absolute atomic E-state index is 5.85. The normalized spacial score (nSPS) is 11.8. The molecule has 1 heterocycles. The summed E-state index contributed by atoms with van der Waals surface area (Å²) in [6.45, 7) is 4.76. The van der Waals surface area contributed by atoms with Gasteiger partial charge in [-0.3, -0.25) is 0 Å². The molecule has 1 aromatic heterocycles. The average molecular weight is 257 g/mol. The van der Waals surface area contributed by atoms with Crippen LogP contribution in [-0.4, -0.2) is 5.96 Å². The first kappa shape index (κ1) is 13.2. The van der Waals surface area contributed by atoms with Crippen LogP contribution in [0.15, 0.2) is 52.1 Å². The number of furan rings is 1. The van der Waals surface area contributed by atoms with Crippen LogP contribution in [0.5, 0.6) is 0 Å². The van der Waals surface area contributed by atoms with E-state index in [4.69, 9.17) is 10.2 Å². The van der Waals surface area contributed by atoms with Crippen LogP contribution >= 0.6 is 0 Å². The van der Waals surface area contributed by atoms with Gasteiger partial charge in [0.25, 0.3) is 0 Å². The largest absolute Gasteiger partial charge is 0.467 e. The number of nitrogens with two attached hydrogens (primary N) is 1. The number of rotatable bonds is 4. The van der Waals surface area contributed by atoms with Gasteiger partial charge in [-0.1, -0.05) is 26.0 Å². The topological polar surface area (TPSA) is 63.5 Å². The highest BCUT2D eigenvalue weighted by Crippen LogP contribution is 2.18. The molecule has 0 fully saturated rings. The molecule has 0 saturated carbocycles. The first-order valence-electron chi connectivity index (χ1n) is 6.34. The summed E-state index contributed by atoms with van der Waals surface area (Å²) in [4.78, 5) is 4.23.